The summed E-state index contributed by atoms with van der Waals surface area (Å²) in [7, 11) is 0. The molecule has 1 aliphatic heterocycles. The summed E-state index contributed by atoms with van der Waals surface area (Å²) in [5, 5.41) is 12.0. The van der Waals surface area contributed by atoms with E-state index in [0.29, 0.717) is 16.5 Å². The lowest BCUT2D eigenvalue weighted by molar-refractivity contribution is -0.131. The molecule has 25 heavy (non-hydrogen) atoms. The number of nitrogens with zero attached hydrogens (tertiary/aromatic N) is 3. The first-order chi connectivity index (χ1) is 11.9. The van der Waals surface area contributed by atoms with Crippen LogP contribution in [0.1, 0.15) is 16.8 Å². The van der Waals surface area contributed by atoms with E-state index in [9.17, 15) is 18.4 Å². The van der Waals surface area contributed by atoms with Crippen LogP contribution in [0.25, 0.3) is 10.9 Å². The van der Waals surface area contributed by atoms with E-state index in [4.69, 9.17) is 5.26 Å². The van der Waals surface area contributed by atoms with Crippen molar-refractivity contribution in [3.05, 3.63) is 42.1 Å². The summed E-state index contributed by atoms with van der Waals surface area (Å²) < 4.78 is 26.8. The molecule has 1 saturated heterocycles. The molecule has 2 heterocycles. The smallest absolute Gasteiger partial charge is 0.268 e. The maximum absolute atomic E-state index is 13.4. The van der Waals surface area contributed by atoms with Crippen LogP contribution in [0, 0.1) is 11.3 Å². The number of nitrogens with one attached hydrogen (secondary N) is 1. The highest BCUT2D eigenvalue weighted by molar-refractivity contribution is 6.06. The van der Waals surface area contributed by atoms with Crippen molar-refractivity contribution >= 4 is 22.7 Å². The number of amides is 2. The molecule has 1 N–H and O–H groups in total. The number of carbonyl (C=O) groups is 2. The molecule has 8 heteroatoms. The molecule has 1 aromatic heterocycles. The first-order valence-electron chi connectivity index (χ1n) is 7.60. The second-order valence-electron chi connectivity index (χ2n) is 5.78. The fraction of sp³-hybridized carbons (Fsp3) is 0.294. The first-order valence-corrected chi connectivity index (χ1v) is 7.60. The molecule has 0 aliphatic carbocycles. The van der Waals surface area contributed by atoms with Crippen molar-refractivity contribution in [2.45, 2.75) is 18.4 Å². The topological polar surface area (TPSA) is 86.1 Å². The van der Waals surface area contributed by atoms with Crippen LogP contribution in [0.4, 0.5) is 8.78 Å². The average Bonchev–Trinajstić information content (AvgIpc) is 2.93. The summed E-state index contributed by atoms with van der Waals surface area (Å²) in [6.07, 6.45) is 0.796. The lowest BCUT2D eigenvalue weighted by Crippen LogP contribution is -2.43. The average molecular weight is 344 g/mol. The predicted molar refractivity (Wildman–Crippen MR) is 84.8 cm³/mol. The zero-order valence-corrected chi connectivity index (χ0v) is 13.1. The number of benzene rings is 1. The summed E-state index contributed by atoms with van der Waals surface area (Å²) in [6.45, 7) is -1.26. The minimum atomic E-state index is -3.08. The number of aromatic nitrogens is 1. The van der Waals surface area contributed by atoms with Crippen molar-refractivity contribution in [1.82, 2.24) is 15.2 Å². The number of fused-ring (bicyclic) bond motifs is 1. The fourth-order valence-corrected chi connectivity index (χ4v) is 2.84. The van der Waals surface area contributed by atoms with Gasteiger partial charge in [0.05, 0.1) is 30.2 Å². The molecule has 0 saturated carbocycles. The molecule has 0 bridgehead atoms. The molecule has 1 aliphatic rings. The van der Waals surface area contributed by atoms with Crippen molar-refractivity contribution in [3.63, 3.8) is 0 Å². The quantitative estimate of drug-likeness (QED) is 0.919. The summed E-state index contributed by atoms with van der Waals surface area (Å²) in [4.78, 5) is 29.4. The third kappa shape index (κ3) is 3.40. The van der Waals surface area contributed by atoms with Crippen molar-refractivity contribution in [3.8, 4) is 6.07 Å². The van der Waals surface area contributed by atoms with E-state index in [2.05, 4.69) is 10.3 Å². The Hall–Kier alpha value is -3.08. The van der Waals surface area contributed by atoms with Gasteiger partial charge in [-0.3, -0.25) is 14.6 Å². The van der Waals surface area contributed by atoms with Gasteiger partial charge < -0.3 is 10.2 Å². The normalized spacial score (nSPS) is 18.8. The molecule has 2 aromatic rings. The Labute approximate surface area is 142 Å². The summed E-state index contributed by atoms with van der Waals surface area (Å²) >= 11 is 0. The maximum atomic E-state index is 13.4. The monoisotopic (exact) mass is 344 g/mol. The van der Waals surface area contributed by atoms with Gasteiger partial charge in [0.15, 0.2) is 0 Å². The van der Waals surface area contributed by atoms with Gasteiger partial charge in [0, 0.05) is 18.0 Å². The Bertz CT molecular complexity index is 873. The van der Waals surface area contributed by atoms with E-state index >= 15 is 0 Å². The number of nitriles is 1. The summed E-state index contributed by atoms with van der Waals surface area (Å²) in [6, 6.07) is 9.06. The molecule has 128 valence electrons. The Morgan fingerprint density at radius 2 is 2.12 bits per heavy atom. The van der Waals surface area contributed by atoms with E-state index < -0.39 is 43.3 Å². The minimum absolute atomic E-state index is 0.335. The van der Waals surface area contributed by atoms with Crippen LogP contribution < -0.4 is 5.32 Å². The van der Waals surface area contributed by atoms with Gasteiger partial charge in [0.2, 0.25) is 5.91 Å². The predicted octanol–water partition coefficient (Wildman–Crippen LogP) is 1.72. The molecular weight excluding hydrogens is 330 g/mol. The number of hydrogen-bond donors (Lipinski definition) is 1. The van der Waals surface area contributed by atoms with Gasteiger partial charge in [-0.15, -0.1) is 0 Å². The third-order valence-corrected chi connectivity index (χ3v) is 4.03. The first kappa shape index (κ1) is 16.8. The lowest BCUT2D eigenvalue weighted by atomic mass is 10.1. The molecule has 2 amide bonds. The van der Waals surface area contributed by atoms with Crippen LogP contribution in [-0.2, 0) is 4.79 Å². The van der Waals surface area contributed by atoms with Gasteiger partial charge in [0.1, 0.15) is 6.04 Å². The van der Waals surface area contributed by atoms with Gasteiger partial charge >= 0.3 is 0 Å². The van der Waals surface area contributed by atoms with Crippen LogP contribution in [0.15, 0.2) is 36.5 Å². The zero-order valence-electron chi connectivity index (χ0n) is 13.1. The Balaban J connectivity index is 1.70. The Morgan fingerprint density at radius 1 is 1.36 bits per heavy atom. The Morgan fingerprint density at radius 3 is 2.88 bits per heavy atom. The summed E-state index contributed by atoms with van der Waals surface area (Å²) in [5.41, 5.74) is 0.965. The fourth-order valence-electron chi connectivity index (χ4n) is 2.84. The highest BCUT2D eigenvalue weighted by atomic mass is 19.3. The van der Waals surface area contributed by atoms with Gasteiger partial charge in [0.25, 0.3) is 11.8 Å². The molecular formula is C17H14F2N4O2. The van der Waals surface area contributed by atoms with Crippen molar-refractivity contribution < 1.29 is 18.4 Å². The number of halogens is 2. The van der Waals surface area contributed by atoms with Crippen LogP contribution in [0.5, 0.6) is 0 Å². The third-order valence-electron chi connectivity index (χ3n) is 4.03. The van der Waals surface area contributed by atoms with Gasteiger partial charge in [-0.25, -0.2) is 8.78 Å². The maximum Gasteiger partial charge on any atom is 0.268 e. The molecule has 0 unspecified atom stereocenters. The van der Waals surface area contributed by atoms with E-state index in [0.717, 1.165) is 4.90 Å². The number of hydrogen-bond acceptors (Lipinski definition) is 4. The molecule has 0 spiro atoms. The second-order valence-corrected chi connectivity index (χ2v) is 5.78. The molecule has 1 aromatic carbocycles. The zero-order chi connectivity index (χ0) is 18.0. The number of rotatable bonds is 3. The van der Waals surface area contributed by atoms with Gasteiger partial charge in [-0.05, 0) is 12.1 Å². The highest BCUT2D eigenvalue weighted by Crippen LogP contribution is 2.31. The van der Waals surface area contributed by atoms with Crippen LogP contribution in [0.3, 0.4) is 0 Å². The van der Waals surface area contributed by atoms with E-state index in [-0.39, 0.29) is 0 Å². The van der Waals surface area contributed by atoms with E-state index in [1.54, 1.807) is 30.3 Å². The van der Waals surface area contributed by atoms with Gasteiger partial charge in [-0.2, -0.15) is 5.26 Å². The largest absolute Gasteiger partial charge is 0.343 e. The van der Waals surface area contributed by atoms with Gasteiger partial charge in [-0.1, -0.05) is 18.2 Å². The van der Waals surface area contributed by atoms with E-state index in [1.807, 2.05) is 0 Å². The number of para-hydroxylation sites is 1. The van der Waals surface area contributed by atoms with E-state index in [1.165, 1.54) is 12.3 Å². The van der Waals surface area contributed by atoms with Crippen LogP contribution in [-0.4, -0.2) is 46.8 Å². The Kier molecular flexibility index (Phi) is 4.31. The molecule has 0 radical (unpaired) electrons. The van der Waals surface area contributed by atoms with Crippen molar-refractivity contribution in [2.24, 2.45) is 0 Å². The number of likely N-dealkylation sites (tertiary alicyclic amines) is 1. The standard InChI is InChI=1S/C17H14F2N4O2/c18-17(19)7-11(8-20)23(10-17)15(24)9-22-16(25)13-5-6-21-14-4-2-1-3-12(13)14/h1-6,11H,7,9-10H2,(H,22,25)/t11-/m1/s1. The second kappa shape index (κ2) is 6.43. The van der Waals surface area contributed by atoms with Crippen molar-refractivity contribution in [1.29, 1.82) is 5.26 Å². The summed E-state index contributed by atoms with van der Waals surface area (Å²) in [5.74, 6) is -4.30. The van der Waals surface area contributed by atoms with Crippen LogP contribution in [0.2, 0.25) is 0 Å². The number of pyridine rings is 1. The SMILES string of the molecule is N#C[C@H]1CC(F)(F)CN1C(=O)CNC(=O)c1ccnc2ccccc12. The minimum Gasteiger partial charge on any atom is -0.343 e. The van der Waals surface area contributed by atoms with Crippen molar-refractivity contribution in [2.75, 3.05) is 13.1 Å². The highest BCUT2D eigenvalue weighted by Gasteiger charge is 2.47. The molecule has 1 atom stereocenters. The molecule has 6 nitrogen and oxygen atoms in total. The molecule has 3 rings (SSSR count). The lowest BCUT2D eigenvalue weighted by Gasteiger charge is -2.19. The van der Waals surface area contributed by atoms with Crippen LogP contribution >= 0.6 is 0 Å². The number of carbonyl (C=O) groups excluding carboxylic acids is 2. The number of alkyl halides is 2. The molecule has 1 fully saturated rings.